The number of nitrogens with one attached hydrogen (secondary N) is 2. The smallest absolute Gasteiger partial charge is 0.312 e. The van der Waals surface area contributed by atoms with Gasteiger partial charge in [-0.1, -0.05) is 36.0 Å². The Morgan fingerprint density at radius 3 is 2.71 bits per heavy atom. The molecule has 0 amide bonds. The summed E-state index contributed by atoms with van der Waals surface area (Å²) in [5.74, 6) is 0.818. The first-order valence-electron chi connectivity index (χ1n) is 7.07. The number of hydrogen-bond donors (Lipinski definition) is 2. The minimum absolute atomic E-state index is 0.102. The lowest BCUT2D eigenvalue weighted by Crippen LogP contribution is -2.21. The Labute approximate surface area is 129 Å². The Morgan fingerprint density at radius 2 is 2.10 bits per heavy atom. The normalized spacial score (nSPS) is 12.8. The van der Waals surface area contributed by atoms with E-state index in [9.17, 15) is 4.79 Å². The molecule has 0 saturated carbocycles. The number of H-pyrrole nitrogens is 1. The zero-order valence-corrected chi connectivity index (χ0v) is 13.7. The summed E-state index contributed by atoms with van der Waals surface area (Å²) >= 11 is 1.59. The van der Waals surface area contributed by atoms with Gasteiger partial charge in [0, 0.05) is 17.8 Å². The number of nitrogens with zero attached hydrogens (tertiary/aromatic N) is 2. The van der Waals surface area contributed by atoms with E-state index in [1.165, 1.54) is 11.1 Å². The number of benzene rings is 1. The van der Waals surface area contributed by atoms with Crippen LogP contribution in [0.2, 0.25) is 0 Å². The van der Waals surface area contributed by atoms with Gasteiger partial charge in [0.05, 0.1) is 0 Å². The first kappa shape index (κ1) is 15.9. The van der Waals surface area contributed by atoms with Gasteiger partial charge in [-0.3, -0.25) is 4.57 Å². The van der Waals surface area contributed by atoms with Crippen molar-refractivity contribution in [3.8, 4) is 0 Å². The van der Waals surface area contributed by atoms with Crippen LogP contribution in [-0.4, -0.2) is 27.6 Å². The van der Waals surface area contributed by atoms with Gasteiger partial charge in [-0.05, 0) is 38.9 Å². The van der Waals surface area contributed by atoms with Crippen LogP contribution in [0, 0.1) is 6.92 Å². The lowest BCUT2D eigenvalue weighted by atomic mass is 10.0. The van der Waals surface area contributed by atoms with Crippen LogP contribution in [-0.2, 0) is 0 Å². The second kappa shape index (κ2) is 6.95. The predicted molar refractivity (Wildman–Crippen MR) is 86.9 cm³/mol. The van der Waals surface area contributed by atoms with Gasteiger partial charge >= 0.3 is 5.69 Å². The third kappa shape index (κ3) is 3.57. The van der Waals surface area contributed by atoms with Gasteiger partial charge in [0.15, 0.2) is 5.16 Å². The van der Waals surface area contributed by atoms with Gasteiger partial charge in [0.1, 0.15) is 0 Å². The minimum Gasteiger partial charge on any atom is -0.312 e. The molecule has 1 unspecified atom stereocenters. The minimum atomic E-state index is -0.149. The summed E-state index contributed by atoms with van der Waals surface area (Å²) in [4.78, 5) is 11.7. The second-order valence-corrected chi connectivity index (χ2v) is 6.27. The maximum atomic E-state index is 11.7. The molecule has 0 spiro atoms. The van der Waals surface area contributed by atoms with Gasteiger partial charge in [-0.15, -0.1) is 5.10 Å². The number of aromatic nitrogens is 3. The van der Waals surface area contributed by atoms with E-state index in [-0.39, 0.29) is 17.8 Å². The van der Waals surface area contributed by atoms with E-state index < -0.39 is 0 Å². The van der Waals surface area contributed by atoms with E-state index >= 15 is 0 Å². The predicted octanol–water partition coefficient (Wildman–Crippen LogP) is 2.51. The fourth-order valence-electron chi connectivity index (χ4n) is 2.31. The van der Waals surface area contributed by atoms with Gasteiger partial charge < -0.3 is 5.32 Å². The Hall–Kier alpha value is -1.53. The maximum Gasteiger partial charge on any atom is 0.344 e. The molecular formula is C15H22N4OS. The van der Waals surface area contributed by atoms with Crippen LogP contribution in [0.25, 0.3) is 0 Å². The fraction of sp³-hybridized carbons (Fsp3) is 0.467. The Bertz CT molecular complexity index is 647. The SMILES string of the molecule is CNC(CSc1n[nH]c(=O)n1C(C)C)c1ccccc1C. The van der Waals surface area contributed by atoms with Crippen LogP contribution >= 0.6 is 11.8 Å². The zero-order valence-electron chi connectivity index (χ0n) is 12.9. The maximum absolute atomic E-state index is 11.7. The second-order valence-electron chi connectivity index (χ2n) is 5.28. The summed E-state index contributed by atoms with van der Waals surface area (Å²) in [5, 5.41) is 10.7. The molecule has 21 heavy (non-hydrogen) atoms. The number of thioether (sulfide) groups is 1. The molecule has 5 nitrogen and oxygen atoms in total. The molecule has 0 bridgehead atoms. The Kier molecular flexibility index (Phi) is 5.25. The van der Waals surface area contributed by atoms with E-state index in [4.69, 9.17) is 0 Å². The highest BCUT2D eigenvalue weighted by Crippen LogP contribution is 2.25. The molecular weight excluding hydrogens is 284 g/mol. The van der Waals surface area contributed by atoms with Crippen molar-refractivity contribution in [1.29, 1.82) is 0 Å². The molecule has 0 fully saturated rings. The zero-order chi connectivity index (χ0) is 15.4. The molecule has 2 rings (SSSR count). The average Bonchev–Trinajstić information content (AvgIpc) is 2.82. The molecule has 2 N–H and O–H groups in total. The van der Waals surface area contributed by atoms with E-state index in [1.807, 2.05) is 27.0 Å². The van der Waals surface area contributed by atoms with E-state index in [1.54, 1.807) is 16.3 Å². The van der Waals surface area contributed by atoms with Gasteiger partial charge in [0.25, 0.3) is 0 Å². The van der Waals surface area contributed by atoms with Crippen molar-refractivity contribution in [3.63, 3.8) is 0 Å². The molecule has 114 valence electrons. The lowest BCUT2D eigenvalue weighted by Gasteiger charge is -2.18. The fourth-order valence-corrected chi connectivity index (χ4v) is 3.52. The largest absolute Gasteiger partial charge is 0.344 e. The van der Waals surface area contributed by atoms with Crippen molar-refractivity contribution in [2.24, 2.45) is 0 Å². The van der Waals surface area contributed by atoms with Crippen LogP contribution in [0.5, 0.6) is 0 Å². The highest BCUT2D eigenvalue weighted by molar-refractivity contribution is 7.99. The lowest BCUT2D eigenvalue weighted by molar-refractivity contribution is 0.533. The average molecular weight is 306 g/mol. The third-order valence-electron chi connectivity index (χ3n) is 3.48. The van der Waals surface area contributed by atoms with Crippen molar-refractivity contribution >= 4 is 11.8 Å². The number of rotatable bonds is 6. The number of aryl methyl sites for hydroxylation is 1. The van der Waals surface area contributed by atoms with Crippen molar-refractivity contribution < 1.29 is 0 Å². The highest BCUT2D eigenvalue weighted by Gasteiger charge is 2.16. The van der Waals surface area contributed by atoms with E-state index in [0.717, 1.165) is 10.9 Å². The van der Waals surface area contributed by atoms with Crippen LogP contribution in [0.15, 0.2) is 34.2 Å². The third-order valence-corrected chi connectivity index (χ3v) is 4.53. The number of aromatic amines is 1. The van der Waals surface area contributed by atoms with E-state index in [2.05, 4.69) is 40.6 Å². The molecule has 2 aromatic rings. The molecule has 0 radical (unpaired) electrons. The van der Waals surface area contributed by atoms with Gasteiger partial charge in [-0.25, -0.2) is 9.89 Å². The van der Waals surface area contributed by atoms with Crippen LogP contribution in [0.4, 0.5) is 0 Å². The topological polar surface area (TPSA) is 62.7 Å². The van der Waals surface area contributed by atoms with E-state index in [0.29, 0.717) is 0 Å². The summed E-state index contributed by atoms with van der Waals surface area (Å²) in [6.07, 6.45) is 0. The highest BCUT2D eigenvalue weighted by atomic mass is 32.2. The monoisotopic (exact) mass is 306 g/mol. The first-order valence-corrected chi connectivity index (χ1v) is 8.05. The van der Waals surface area contributed by atoms with Crippen molar-refractivity contribution in [2.75, 3.05) is 12.8 Å². The molecule has 0 aliphatic carbocycles. The van der Waals surface area contributed by atoms with Crippen molar-refractivity contribution in [1.82, 2.24) is 20.1 Å². The molecule has 1 aromatic heterocycles. The van der Waals surface area contributed by atoms with Crippen LogP contribution in [0.1, 0.15) is 37.1 Å². The molecule has 1 heterocycles. The summed E-state index contributed by atoms with van der Waals surface area (Å²) in [6.45, 7) is 6.08. The summed E-state index contributed by atoms with van der Waals surface area (Å²) in [5.41, 5.74) is 2.40. The van der Waals surface area contributed by atoms with Crippen LogP contribution < -0.4 is 11.0 Å². The Morgan fingerprint density at radius 1 is 1.38 bits per heavy atom. The molecule has 1 atom stereocenters. The van der Waals surface area contributed by atoms with Crippen molar-refractivity contribution in [2.45, 2.75) is 38.0 Å². The molecule has 0 saturated heterocycles. The van der Waals surface area contributed by atoms with Crippen molar-refractivity contribution in [3.05, 3.63) is 45.9 Å². The van der Waals surface area contributed by atoms with Gasteiger partial charge in [-0.2, -0.15) is 0 Å². The summed E-state index contributed by atoms with van der Waals surface area (Å²) < 4.78 is 1.69. The Balaban J connectivity index is 2.15. The van der Waals surface area contributed by atoms with Gasteiger partial charge in [0.2, 0.25) is 0 Å². The first-order chi connectivity index (χ1) is 10.0. The molecule has 0 aliphatic heterocycles. The molecule has 1 aromatic carbocycles. The van der Waals surface area contributed by atoms with Crippen LogP contribution in [0.3, 0.4) is 0 Å². The summed E-state index contributed by atoms with van der Waals surface area (Å²) in [6, 6.07) is 8.67. The molecule has 0 aliphatic rings. The summed E-state index contributed by atoms with van der Waals surface area (Å²) in [7, 11) is 1.96. The quantitative estimate of drug-likeness (QED) is 0.805. The molecule has 6 heteroatoms. The number of hydrogen-bond acceptors (Lipinski definition) is 4. The standard InChI is InChI=1S/C15H22N4OS/c1-10(2)19-14(20)17-18-15(19)21-9-13(16-4)12-8-6-5-7-11(12)3/h5-8,10,13,16H,9H2,1-4H3,(H,17,20).